The van der Waals surface area contributed by atoms with Gasteiger partial charge in [0.25, 0.3) is 15.9 Å². The predicted octanol–water partition coefficient (Wildman–Crippen LogP) is 4.33. The van der Waals surface area contributed by atoms with Crippen LogP contribution in [0.3, 0.4) is 0 Å². The summed E-state index contributed by atoms with van der Waals surface area (Å²) in [7, 11) is -2.68. The molecule has 0 heterocycles. The first-order valence-electron chi connectivity index (χ1n) is 8.16. The number of sulfonamides is 1. The number of rotatable bonds is 7. The van der Waals surface area contributed by atoms with Crippen molar-refractivity contribution in [2.45, 2.75) is 31.2 Å². The van der Waals surface area contributed by atoms with Crippen LogP contribution in [0.1, 0.15) is 30.6 Å². The zero-order chi connectivity index (χ0) is 20.2. The van der Waals surface area contributed by atoms with E-state index in [9.17, 15) is 13.2 Å². The molecule has 0 aliphatic heterocycles. The van der Waals surface area contributed by atoms with Crippen molar-refractivity contribution in [3.8, 4) is 5.75 Å². The molecule has 27 heavy (non-hydrogen) atoms. The Morgan fingerprint density at radius 3 is 2.44 bits per heavy atom. The Bertz CT molecular complexity index is 948. The second kappa shape index (κ2) is 8.82. The number of hydrogen-bond acceptors (Lipinski definition) is 4. The molecule has 0 fully saturated rings. The maximum atomic E-state index is 12.8. The first-order valence-corrected chi connectivity index (χ1v) is 10.4. The predicted molar refractivity (Wildman–Crippen MR) is 107 cm³/mol. The van der Waals surface area contributed by atoms with E-state index in [0.717, 1.165) is 6.42 Å². The van der Waals surface area contributed by atoms with E-state index in [1.165, 1.54) is 31.4 Å². The zero-order valence-corrected chi connectivity index (χ0v) is 17.4. The fraction of sp³-hybridized carbons (Fsp3) is 0.278. The summed E-state index contributed by atoms with van der Waals surface area (Å²) in [5, 5.41) is 2.64. The van der Waals surface area contributed by atoms with Gasteiger partial charge in [-0.15, -0.1) is 0 Å². The van der Waals surface area contributed by atoms with Crippen molar-refractivity contribution in [3.05, 3.63) is 52.0 Å². The fourth-order valence-electron chi connectivity index (χ4n) is 2.25. The number of anilines is 1. The minimum atomic E-state index is -4.08. The monoisotopic (exact) mass is 430 g/mol. The molecule has 0 unspecified atom stereocenters. The van der Waals surface area contributed by atoms with E-state index in [1.54, 1.807) is 12.1 Å². The molecular weight excluding hydrogens is 411 g/mol. The minimum absolute atomic E-state index is 0.00941. The third kappa shape index (κ3) is 4.86. The van der Waals surface area contributed by atoms with Gasteiger partial charge in [-0.1, -0.05) is 42.3 Å². The van der Waals surface area contributed by atoms with E-state index in [1.807, 2.05) is 13.8 Å². The Morgan fingerprint density at radius 2 is 1.81 bits per heavy atom. The molecule has 146 valence electrons. The molecule has 2 N–H and O–H groups in total. The van der Waals surface area contributed by atoms with Gasteiger partial charge in [-0.3, -0.25) is 9.52 Å². The summed E-state index contributed by atoms with van der Waals surface area (Å²) in [5.41, 5.74) is 0.346. The Kier molecular flexibility index (Phi) is 6.97. The van der Waals surface area contributed by atoms with Crippen molar-refractivity contribution < 1.29 is 17.9 Å². The standard InChI is InChI=1S/C18H20Cl2N2O4S/c1-4-11(2)21-18(23)12-7-5-6-8-13(12)22-27(24,25)15-10-9-14(26-3)16(19)17(15)20/h5-11,22H,4H2,1-3H3,(H,21,23)/t11-/m1/s1. The van der Waals surface area contributed by atoms with E-state index in [4.69, 9.17) is 27.9 Å². The van der Waals surface area contributed by atoms with Gasteiger partial charge in [0, 0.05) is 6.04 Å². The van der Waals surface area contributed by atoms with Gasteiger partial charge in [0.2, 0.25) is 0 Å². The van der Waals surface area contributed by atoms with E-state index in [0.29, 0.717) is 0 Å². The molecule has 0 aliphatic carbocycles. The van der Waals surface area contributed by atoms with Crippen LogP contribution in [0, 0.1) is 0 Å². The molecule has 6 nitrogen and oxygen atoms in total. The average molecular weight is 431 g/mol. The van der Waals surface area contributed by atoms with Gasteiger partial charge in [0.1, 0.15) is 15.7 Å². The molecule has 0 aliphatic rings. The smallest absolute Gasteiger partial charge is 0.263 e. The quantitative estimate of drug-likeness (QED) is 0.684. The first-order chi connectivity index (χ1) is 12.7. The van der Waals surface area contributed by atoms with E-state index < -0.39 is 10.0 Å². The van der Waals surface area contributed by atoms with Crippen LogP contribution in [0.2, 0.25) is 10.0 Å². The van der Waals surface area contributed by atoms with Crippen LogP contribution in [0.15, 0.2) is 41.3 Å². The molecule has 2 aromatic carbocycles. The minimum Gasteiger partial charge on any atom is -0.495 e. The molecule has 2 aromatic rings. The van der Waals surface area contributed by atoms with Crippen LogP contribution >= 0.6 is 23.2 Å². The van der Waals surface area contributed by atoms with Crippen molar-refractivity contribution in [1.29, 1.82) is 0 Å². The topological polar surface area (TPSA) is 84.5 Å². The summed E-state index contributed by atoms with van der Waals surface area (Å²) < 4.78 is 33.0. The maximum Gasteiger partial charge on any atom is 0.263 e. The molecule has 0 aromatic heterocycles. The fourth-order valence-corrected chi connectivity index (χ4v) is 4.17. The number of halogens is 2. The normalized spacial score (nSPS) is 12.3. The lowest BCUT2D eigenvalue weighted by Crippen LogP contribution is -2.32. The number of para-hydroxylation sites is 1. The zero-order valence-electron chi connectivity index (χ0n) is 15.0. The maximum absolute atomic E-state index is 12.8. The second-order valence-electron chi connectivity index (χ2n) is 5.83. The van der Waals surface area contributed by atoms with Crippen molar-refractivity contribution >= 4 is 44.8 Å². The summed E-state index contributed by atoms with van der Waals surface area (Å²) in [4.78, 5) is 12.2. The highest BCUT2D eigenvalue weighted by Crippen LogP contribution is 2.37. The third-order valence-corrected chi connectivity index (χ3v) is 6.31. The van der Waals surface area contributed by atoms with E-state index in [2.05, 4.69) is 10.0 Å². The van der Waals surface area contributed by atoms with Gasteiger partial charge in [-0.2, -0.15) is 0 Å². The highest BCUT2D eigenvalue weighted by molar-refractivity contribution is 7.92. The van der Waals surface area contributed by atoms with Gasteiger partial charge in [-0.25, -0.2) is 8.42 Å². The highest BCUT2D eigenvalue weighted by Gasteiger charge is 2.24. The van der Waals surface area contributed by atoms with Crippen molar-refractivity contribution in [2.75, 3.05) is 11.8 Å². The molecule has 0 saturated heterocycles. The molecule has 1 amide bonds. The Balaban J connectivity index is 2.40. The number of nitrogens with one attached hydrogen (secondary N) is 2. The van der Waals surface area contributed by atoms with Crippen molar-refractivity contribution in [3.63, 3.8) is 0 Å². The van der Waals surface area contributed by atoms with Crippen LogP contribution in [-0.4, -0.2) is 27.5 Å². The van der Waals surface area contributed by atoms with Gasteiger partial charge in [0.05, 0.1) is 23.4 Å². The number of ether oxygens (including phenoxy) is 1. The average Bonchev–Trinajstić information content (AvgIpc) is 2.63. The summed E-state index contributed by atoms with van der Waals surface area (Å²) in [6.45, 7) is 3.80. The molecule has 0 bridgehead atoms. The molecule has 0 spiro atoms. The Hall–Kier alpha value is -1.96. The molecular formula is C18H20Cl2N2O4S. The number of hydrogen-bond donors (Lipinski definition) is 2. The number of carbonyl (C=O) groups is 1. The number of amides is 1. The van der Waals surface area contributed by atoms with Gasteiger partial charge >= 0.3 is 0 Å². The van der Waals surface area contributed by atoms with Crippen LogP contribution in [0.5, 0.6) is 5.75 Å². The van der Waals surface area contributed by atoms with Gasteiger partial charge < -0.3 is 10.1 Å². The van der Waals surface area contributed by atoms with Crippen LogP contribution in [0.4, 0.5) is 5.69 Å². The summed E-state index contributed by atoms with van der Waals surface area (Å²) >= 11 is 12.2. The number of carbonyl (C=O) groups excluding carboxylic acids is 1. The van der Waals surface area contributed by atoms with Gasteiger partial charge in [-0.05, 0) is 37.6 Å². The van der Waals surface area contributed by atoms with E-state index >= 15 is 0 Å². The van der Waals surface area contributed by atoms with Crippen LogP contribution in [0.25, 0.3) is 0 Å². The Labute approximate surface area is 168 Å². The van der Waals surface area contributed by atoms with Crippen LogP contribution < -0.4 is 14.8 Å². The van der Waals surface area contributed by atoms with Crippen molar-refractivity contribution in [2.24, 2.45) is 0 Å². The lowest BCUT2D eigenvalue weighted by molar-refractivity contribution is 0.0940. The molecule has 1 atom stereocenters. The molecule has 9 heteroatoms. The molecule has 0 radical (unpaired) electrons. The largest absolute Gasteiger partial charge is 0.495 e. The lowest BCUT2D eigenvalue weighted by atomic mass is 10.1. The molecule has 0 saturated carbocycles. The van der Waals surface area contributed by atoms with Crippen molar-refractivity contribution in [1.82, 2.24) is 5.32 Å². The highest BCUT2D eigenvalue weighted by atomic mass is 35.5. The van der Waals surface area contributed by atoms with Crippen LogP contribution in [-0.2, 0) is 10.0 Å². The van der Waals surface area contributed by atoms with Gasteiger partial charge in [0.15, 0.2) is 0 Å². The second-order valence-corrected chi connectivity index (χ2v) is 8.23. The molecule has 2 rings (SSSR count). The SMILES string of the molecule is CC[C@@H](C)NC(=O)c1ccccc1NS(=O)(=O)c1ccc(OC)c(Cl)c1Cl. The summed E-state index contributed by atoms with van der Waals surface area (Å²) in [5.74, 6) is -0.115. The van der Waals surface area contributed by atoms with E-state index in [-0.39, 0.29) is 43.9 Å². The lowest BCUT2D eigenvalue weighted by Gasteiger charge is -2.16. The number of methoxy groups -OCH3 is 1. The first kappa shape index (κ1) is 21.3. The summed E-state index contributed by atoms with van der Waals surface area (Å²) in [6, 6.07) is 8.97. The Morgan fingerprint density at radius 1 is 1.15 bits per heavy atom. The summed E-state index contributed by atoms with van der Waals surface area (Å²) in [6.07, 6.45) is 0.750. The third-order valence-electron chi connectivity index (χ3n) is 3.93. The number of benzene rings is 2.